The normalized spacial score (nSPS) is 22.3. The number of halogens is 1. The highest BCUT2D eigenvalue weighted by molar-refractivity contribution is 9.10. The number of nitrogens with one attached hydrogen (secondary N) is 1. The molecule has 1 aliphatic heterocycles. The number of amides is 1. The Morgan fingerprint density at radius 3 is 2.67 bits per heavy atom. The van der Waals surface area contributed by atoms with Crippen LogP contribution in [0.5, 0.6) is 0 Å². The molecule has 0 aliphatic carbocycles. The van der Waals surface area contributed by atoms with Crippen molar-refractivity contribution in [3.8, 4) is 0 Å². The van der Waals surface area contributed by atoms with Crippen molar-refractivity contribution in [3.63, 3.8) is 0 Å². The Morgan fingerprint density at radius 1 is 1.48 bits per heavy atom. The summed E-state index contributed by atoms with van der Waals surface area (Å²) in [5, 5.41) is 8.06. The molecular formula is C13H17BrN2O4S. The van der Waals surface area contributed by atoms with Crippen LogP contribution in [0.1, 0.15) is 29.3 Å². The highest BCUT2D eigenvalue weighted by Gasteiger charge is 2.32. The number of aryl methyl sites for hydroxylation is 1. The molecule has 1 fully saturated rings. The van der Waals surface area contributed by atoms with Crippen LogP contribution in [0, 0.1) is 6.92 Å². The van der Waals surface area contributed by atoms with E-state index in [1.54, 1.807) is 13.0 Å². The molecule has 1 aliphatic rings. The van der Waals surface area contributed by atoms with Gasteiger partial charge in [0.1, 0.15) is 0 Å². The van der Waals surface area contributed by atoms with Gasteiger partial charge < -0.3 is 10.1 Å². The fraction of sp³-hybridized carbons (Fsp3) is 0.462. The molecule has 0 bridgehead atoms. The van der Waals surface area contributed by atoms with Gasteiger partial charge >= 0.3 is 0 Å². The van der Waals surface area contributed by atoms with Crippen LogP contribution < -0.4 is 10.5 Å². The van der Waals surface area contributed by atoms with E-state index >= 15 is 0 Å². The smallest absolute Gasteiger partial charge is 0.251 e. The van der Waals surface area contributed by atoms with Crippen LogP contribution >= 0.6 is 15.9 Å². The lowest BCUT2D eigenvalue weighted by atomic mass is 10.0. The maximum absolute atomic E-state index is 12.3. The van der Waals surface area contributed by atoms with Crippen molar-refractivity contribution in [2.24, 2.45) is 5.14 Å². The van der Waals surface area contributed by atoms with Gasteiger partial charge in [-0.05, 0) is 53.9 Å². The molecular weight excluding hydrogens is 360 g/mol. The third-order valence-corrected chi connectivity index (χ3v) is 5.67. The van der Waals surface area contributed by atoms with E-state index in [0.717, 1.165) is 6.42 Å². The molecule has 6 nitrogen and oxygen atoms in total. The quantitative estimate of drug-likeness (QED) is 0.830. The molecule has 0 saturated carbocycles. The summed E-state index contributed by atoms with van der Waals surface area (Å²) in [5.74, 6) is -0.344. The van der Waals surface area contributed by atoms with Crippen LogP contribution in [0.15, 0.2) is 21.5 Å². The number of hydrogen-bond acceptors (Lipinski definition) is 4. The predicted molar refractivity (Wildman–Crippen MR) is 81.6 cm³/mol. The first-order valence-electron chi connectivity index (χ1n) is 6.36. The van der Waals surface area contributed by atoms with Crippen LogP contribution in [-0.4, -0.2) is 33.1 Å². The molecule has 116 valence electrons. The van der Waals surface area contributed by atoms with Gasteiger partial charge in [-0.25, -0.2) is 13.6 Å². The van der Waals surface area contributed by atoms with Crippen molar-refractivity contribution in [2.45, 2.75) is 30.7 Å². The van der Waals surface area contributed by atoms with Gasteiger partial charge in [0.25, 0.3) is 5.91 Å². The van der Waals surface area contributed by atoms with Crippen LogP contribution in [0.4, 0.5) is 0 Å². The molecule has 1 atom stereocenters. The summed E-state index contributed by atoms with van der Waals surface area (Å²) in [6, 6.07) is 2.90. The zero-order chi connectivity index (χ0) is 15.8. The summed E-state index contributed by atoms with van der Waals surface area (Å²) >= 11 is 3.19. The summed E-state index contributed by atoms with van der Waals surface area (Å²) in [7, 11) is -3.91. The Labute approximate surface area is 132 Å². The van der Waals surface area contributed by atoms with Crippen molar-refractivity contribution in [1.29, 1.82) is 0 Å². The van der Waals surface area contributed by atoms with Gasteiger partial charge in [-0.1, -0.05) is 0 Å². The molecule has 1 amide bonds. The number of benzene rings is 1. The van der Waals surface area contributed by atoms with Gasteiger partial charge in [0, 0.05) is 16.6 Å². The van der Waals surface area contributed by atoms with E-state index in [9.17, 15) is 13.2 Å². The lowest BCUT2D eigenvalue weighted by Crippen LogP contribution is -2.46. The molecule has 3 N–H and O–H groups in total. The van der Waals surface area contributed by atoms with Crippen LogP contribution in [0.25, 0.3) is 0 Å². The minimum Gasteiger partial charge on any atom is -0.379 e. The highest BCUT2D eigenvalue weighted by Crippen LogP contribution is 2.27. The first kappa shape index (κ1) is 16.4. The van der Waals surface area contributed by atoms with Crippen molar-refractivity contribution in [2.75, 3.05) is 13.2 Å². The number of hydrogen-bond donors (Lipinski definition) is 2. The number of primary sulfonamides is 1. The largest absolute Gasteiger partial charge is 0.379 e. The molecule has 21 heavy (non-hydrogen) atoms. The average Bonchev–Trinajstić information content (AvgIpc) is 2.77. The minimum atomic E-state index is -3.91. The lowest BCUT2D eigenvalue weighted by Gasteiger charge is -2.23. The number of rotatable bonds is 3. The van der Waals surface area contributed by atoms with Gasteiger partial charge in [-0.15, -0.1) is 0 Å². The molecule has 1 aromatic carbocycles. The van der Waals surface area contributed by atoms with E-state index in [1.165, 1.54) is 6.07 Å². The number of carbonyl (C=O) groups is 1. The Morgan fingerprint density at radius 2 is 2.14 bits per heavy atom. The third-order valence-electron chi connectivity index (χ3n) is 3.42. The van der Waals surface area contributed by atoms with Crippen molar-refractivity contribution in [3.05, 3.63) is 27.7 Å². The molecule has 0 radical (unpaired) electrons. The number of nitrogens with two attached hydrogens (primary N) is 1. The van der Waals surface area contributed by atoms with E-state index in [2.05, 4.69) is 21.2 Å². The molecule has 1 aromatic rings. The van der Waals surface area contributed by atoms with Crippen molar-refractivity contribution in [1.82, 2.24) is 5.32 Å². The molecule has 8 heteroatoms. The summed E-state index contributed by atoms with van der Waals surface area (Å²) in [6.07, 6.45) is 0.719. The first-order valence-corrected chi connectivity index (χ1v) is 8.69. The van der Waals surface area contributed by atoms with E-state index in [1.807, 2.05) is 6.92 Å². The Kier molecular flexibility index (Phi) is 4.44. The van der Waals surface area contributed by atoms with Crippen molar-refractivity contribution < 1.29 is 17.9 Å². The molecule has 2 rings (SSSR count). The third kappa shape index (κ3) is 3.63. The second-order valence-corrected chi connectivity index (χ2v) is 7.79. The van der Waals surface area contributed by atoms with Crippen molar-refractivity contribution >= 4 is 31.9 Å². The van der Waals surface area contributed by atoms with Gasteiger partial charge in [0.15, 0.2) is 0 Å². The van der Waals surface area contributed by atoms with E-state index in [4.69, 9.17) is 9.88 Å². The monoisotopic (exact) mass is 376 g/mol. The summed E-state index contributed by atoms with van der Waals surface area (Å²) < 4.78 is 28.8. The van der Waals surface area contributed by atoms with Crippen LogP contribution in [0.2, 0.25) is 0 Å². The van der Waals surface area contributed by atoms with E-state index in [-0.39, 0.29) is 16.4 Å². The predicted octanol–water partition coefficient (Wildman–Crippen LogP) is 1.31. The van der Waals surface area contributed by atoms with Gasteiger partial charge in [-0.3, -0.25) is 4.79 Å². The molecule has 1 saturated heterocycles. The second kappa shape index (κ2) is 5.68. The Bertz CT molecular complexity index is 682. The number of sulfonamides is 1. The standard InChI is InChI=1S/C13H17BrN2O4S/c1-8-5-9(6-10(11(8)14)21(15,18)19)12(17)16-13(2)3-4-20-7-13/h5-6H,3-4,7H2,1-2H3,(H,16,17)(H2,15,18,19). The maximum atomic E-state index is 12.3. The molecule has 1 unspecified atom stereocenters. The highest BCUT2D eigenvalue weighted by atomic mass is 79.9. The van der Waals surface area contributed by atoms with Crippen LogP contribution in [0.3, 0.4) is 0 Å². The summed E-state index contributed by atoms with van der Waals surface area (Å²) in [6.45, 7) is 4.63. The lowest BCUT2D eigenvalue weighted by molar-refractivity contribution is 0.0889. The molecule has 0 spiro atoms. The van der Waals surface area contributed by atoms with Gasteiger partial charge in [0.05, 0.1) is 17.0 Å². The fourth-order valence-electron chi connectivity index (χ4n) is 2.19. The number of carbonyl (C=O) groups excluding carboxylic acids is 1. The minimum absolute atomic E-state index is 0.0968. The topological polar surface area (TPSA) is 98.5 Å². The number of ether oxygens (including phenoxy) is 1. The average molecular weight is 377 g/mol. The fourth-order valence-corrected chi connectivity index (χ4v) is 3.80. The Hall–Kier alpha value is -0.960. The van der Waals surface area contributed by atoms with Crippen LogP contribution in [-0.2, 0) is 14.8 Å². The summed E-state index contributed by atoms with van der Waals surface area (Å²) in [4.78, 5) is 12.2. The summed E-state index contributed by atoms with van der Waals surface area (Å²) in [5.41, 5.74) is 0.451. The molecule has 1 heterocycles. The van der Waals surface area contributed by atoms with Gasteiger partial charge in [0.2, 0.25) is 10.0 Å². The maximum Gasteiger partial charge on any atom is 0.251 e. The molecule has 0 aromatic heterocycles. The van der Waals surface area contributed by atoms with Gasteiger partial charge in [-0.2, -0.15) is 0 Å². The second-order valence-electron chi connectivity index (χ2n) is 5.47. The zero-order valence-electron chi connectivity index (χ0n) is 11.8. The van der Waals surface area contributed by atoms with E-state index < -0.39 is 15.6 Å². The Balaban J connectivity index is 2.36. The first-order chi connectivity index (χ1) is 9.62. The SMILES string of the molecule is Cc1cc(C(=O)NC2(C)CCOC2)cc(S(N)(=O)=O)c1Br. The van der Waals surface area contributed by atoms with E-state index in [0.29, 0.717) is 23.2 Å². The zero-order valence-corrected chi connectivity index (χ0v) is 14.2.